The van der Waals surface area contributed by atoms with Crippen LogP contribution in [-0.2, 0) is 0 Å². The molecule has 3 aromatic heterocycles. The van der Waals surface area contributed by atoms with E-state index < -0.39 is 0 Å². The normalized spacial score (nSPS) is 24.4. The van der Waals surface area contributed by atoms with Crippen molar-refractivity contribution in [3.8, 4) is 11.3 Å². The van der Waals surface area contributed by atoms with Gasteiger partial charge in [0.25, 0.3) is 0 Å². The first-order valence-electron chi connectivity index (χ1n) is 9.26. The van der Waals surface area contributed by atoms with Crippen molar-refractivity contribution in [3.63, 3.8) is 0 Å². The number of halogens is 2. The molecule has 0 saturated heterocycles. The fourth-order valence-corrected chi connectivity index (χ4v) is 5.88. The number of fused-ring (bicyclic) bond motifs is 4. The van der Waals surface area contributed by atoms with Crippen LogP contribution < -0.4 is 5.32 Å². The SMILES string of the molecule is Fc1cnc2c(c1)c(-c1cncc(NC3CC4CCC3CC4)n1)cn2SI. The van der Waals surface area contributed by atoms with Gasteiger partial charge in [0.15, 0.2) is 5.65 Å². The lowest BCUT2D eigenvalue weighted by Gasteiger charge is -2.42. The first kappa shape index (κ1) is 17.7. The molecule has 27 heavy (non-hydrogen) atoms. The zero-order valence-corrected chi connectivity index (χ0v) is 17.6. The van der Waals surface area contributed by atoms with E-state index in [9.17, 15) is 4.39 Å². The number of anilines is 1. The summed E-state index contributed by atoms with van der Waals surface area (Å²) >= 11 is 2.19. The predicted molar refractivity (Wildman–Crippen MR) is 115 cm³/mol. The lowest BCUT2D eigenvalue weighted by atomic mass is 9.68. The summed E-state index contributed by atoms with van der Waals surface area (Å²) in [6.07, 6.45) is 13.3. The van der Waals surface area contributed by atoms with E-state index in [2.05, 4.69) is 36.5 Å². The summed E-state index contributed by atoms with van der Waals surface area (Å²) in [4.78, 5) is 13.4. The quantitative estimate of drug-likeness (QED) is 0.487. The molecule has 2 bridgehead atoms. The zero-order chi connectivity index (χ0) is 18.4. The molecule has 8 heteroatoms. The lowest BCUT2D eigenvalue weighted by molar-refractivity contribution is 0.157. The maximum absolute atomic E-state index is 13.8. The molecular weight excluding hydrogens is 476 g/mol. The van der Waals surface area contributed by atoms with Crippen LogP contribution in [0.4, 0.5) is 10.2 Å². The highest BCUT2D eigenvalue weighted by atomic mass is 127. The van der Waals surface area contributed by atoms with Gasteiger partial charge in [-0.15, -0.1) is 0 Å². The van der Waals surface area contributed by atoms with Crippen LogP contribution in [0.5, 0.6) is 0 Å². The van der Waals surface area contributed by atoms with Crippen LogP contribution in [-0.4, -0.2) is 25.0 Å². The molecule has 5 nitrogen and oxygen atoms in total. The Balaban J connectivity index is 1.49. The van der Waals surface area contributed by atoms with Gasteiger partial charge in [0.1, 0.15) is 11.6 Å². The van der Waals surface area contributed by atoms with Gasteiger partial charge in [0.2, 0.25) is 0 Å². The van der Waals surface area contributed by atoms with Crippen LogP contribution in [0.1, 0.15) is 32.1 Å². The molecule has 6 rings (SSSR count). The molecule has 3 aliphatic rings. The van der Waals surface area contributed by atoms with E-state index in [1.54, 1.807) is 12.4 Å². The van der Waals surface area contributed by atoms with E-state index in [1.165, 1.54) is 53.5 Å². The number of hydrogen-bond acceptors (Lipinski definition) is 5. The largest absolute Gasteiger partial charge is 0.366 e. The van der Waals surface area contributed by atoms with Crippen LogP contribution >= 0.6 is 30.3 Å². The molecule has 1 unspecified atom stereocenters. The monoisotopic (exact) mass is 495 g/mol. The maximum atomic E-state index is 13.8. The summed E-state index contributed by atoms with van der Waals surface area (Å²) in [7, 11) is 1.50. The van der Waals surface area contributed by atoms with Gasteiger partial charge in [-0.25, -0.2) is 14.4 Å². The molecule has 0 amide bonds. The topological polar surface area (TPSA) is 55.6 Å². The van der Waals surface area contributed by atoms with Crippen molar-refractivity contribution >= 4 is 47.2 Å². The summed E-state index contributed by atoms with van der Waals surface area (Å²) in [6.45, 7) is 0. The van der Waals surface area contributed by atoms with Crippen molar-refractivity contribution in [2.75, 3.05) is 5.32 Å². The highest BCUT2D eigenvalue weighted by Gasteiger charge is 2.35. The van der Waals surface area contributed by atoms with Gasteiger partial charge in [-0.2, -0.15) is 0 Å². The molecule has 140 valence electrons. The predicted octanol–water partition coefficient (Wildman–Crippen LogP) is 5.47. The number of pyridine rings is 1. The maximum Gasteiger partial charge on any atom is 0.151 e. The fraction of sp³-hybridized carbons (Fsp3) is 0.421. The van der Waals surface area contributed by atoms with Crippen molar-refractivity contribution < 1.29 is 4.39 Å². The summed E-state index contributed by atoms with van der Waals surface area (Å²) in [5.41, 5.74) is 2.32. The number of nitrogens with zero attached hydrogens (tertiary/aromatic N) is 4. The van der Waals surface area contributed by atoms with E-state index >= 15 is 0 Å². The van der Waals surface area contributed by atoms with E-state index in [-0.39, 0.29) is 5.82 Å². The molecule has 3 fully saturated rings. The third kappa shape index (κ3) is 3.30. The molecule has 1 atom stereocenters. The van der Waals surface area contributed by atoms with Gasteiger partial charge in [-0.3, -0.25) is 8.96 Å². The molecule has 0 spiro atoms. The van der Waals surface area contributed by atoms with Crippen molar-refractivity contribution in [2.24, 2.45) is 11.8 Å². The molecule has 0 aromatic carbocycles. The van der Waals surface area contributed by atoms with Gasteiger partial charge in [-0.05, 0) is 37.2 Å². The van der Waals surface area contributed by atoms with E-state index in [0.29, 0.717) is 6.04 Å². The molecule has 0 radical (unpaired) electrons. The molecule has 3 heterocycles. The van der Waals surface area contributed by atoms with Crippen LogP contribution in [0.3, 0.4) is 0 Å². The molecule has 0 aliphatic heterocycles. The summed E-state index contributed by atoms with van der Waals surface area (Å²) in [5, 5.41) is 4.38. The van der Waals surface area contributed by atoms with Crippen LogP contribution in [0.15, 0.2) is 30.9 Å². The Kier molecular flexibility index (Phi) is 4.71. The lowest BCUT2D eigenvalue weighted by Crippen LogP contribution is -2.40. The Labute approximate surface area is 173 Å². The molecule has 1 N–H and O–H groups in total. The third-order valence-electron chi connectivity index (χ3n) is 5.94. The Morgan fingerprint density at radius 2 is 2.04 bits per heavy atom. The highest BCUT2D eigenvalue weighted by molar-refractivity contribution is 14.2. The van der Waals surface area contributed by atoms with E-state index in [0.717, 1.165) is 39.9 Å². The third-order valence-corrected chi connectivity index (χ3v) is 7.64. The van der Waals surface area contributed by atoms with Gasteiger partial charge in [-0.1, -0.05) is 12.8 Å². The highest BCUT2D eigenvalue weighted by Crippen LogP contribution is 2.42. The number of rotatable bonds is 4. The number of nitrogens with one attached hydrogen (secondary N) is 1. The van der Waals surface area contributed by atoms with Gasteiger partial charge in [0.05, 0.1) is 24.3 Å². The summed E-state index contributed by atoms with van der Waals surface area (Å²) in [6, 6.07) is 2.01. The molecule has 3 saturated carbocycles. The van der Waals surface area contributed by atoms with Crippen molar-refractivity contribution in [1.82, 2.24) is 18.9 Å². The Morgan fingerprint density at radius 1 is 1.19 bits per heavy atom. The Hall–Kier alpha value is -1.42. The van der Waals surface area contributed by atoms with E-state index in [1.807, 2.05) is 10.2 Å². The second-order valence-corrected chi connectivity index (χ2v) is 9.23. The first-order valence-corrected chi connectivity index (χ1v) is 12.6. The average Bonchev–Trinajstić information content (AvgIpc) is 3.07. The van der Waals surface area contributed by atoms with E-state index in [4.69, 9.17) is 4.98 Å². The van der Waals surface area contributed by atoms with Gasteiger partial charge >= 0.3 is 0 Å². The minimum absolute atomic E-state index is 0.347. The molecular formula is C19H19FIN5S. The number of hydrogen-bond donors (Lipinski definition) is 1. The van der Waals surface area contributed by atoms with Crippen molar-refractivity contribution in [2.45, 2.75) is 38.1 Å². The molecule has 3 aromatic rings. The van der Waals surface area contributed by atoms with Crippen LogP contribution in [0.2, 0.25) is 0 Å². The standard InChI is InChI=1S/C19H19FIN5S/c20-13-6-14-15(10-26(27-21)19(14)23-7-13)17-8-22-9-18(25-17)24-16-5-11-1-3-12(16)4-2-11/h6-12,16H,1-5H2,(H,24,25). The van der Waals surface area contributed by atoms with Gasteiger partial charge < -0.3 is 5.32 Å². The zero-order valence-electron chi connectivity index (χ0n) is 14.6. The smallest absolute Gasteiger partial charge is 0.151 e. The molecule has 3 aliphatic carbocycles. The number of aromatic nitrogens is 4. The second kappa shape index (κ2) is 7.20. The minimum atomic E-state index is -0.347. The van der Waals surface area contributed by atoms with Crippen LogP contribution in [0.25, 0.3) is 22.3 Å². The average molecular weight is 495 g/mol. The Bertz CT molecular complexity index is 985. The van der Waals surface area contributed by atoms with Gasteiger partial charge in [0, 0.05) is 53.5 Å². The van der Waals surface area contributed by atoms with Crippen LogP contribution in [0, 0.1) is 17.7 Å². The summed E-state index contributed by atoms with van der Waals surface area (Å²) < 4.78 is 15.7. The summed E-state index contributed by atoms with van der Waals surface area (Å²) in [5.74, 6) is 2.06. The van der Waals surface area contributed by atoms with Crippen molar-refractivity contribution in [3.05, 3.63) is 36.7 Å². The fourth-order valence-electron chi connectivity index (χ4n) is 4.62. The van der Waals surface area contributed by atoms with Crippen molar-refractivity contribution in [1.29, 1.82) is 0 Å². The minimum Gasteiger partial charge on any atom is -0.366 e. The first-order chi connectivity index (χ1) is 13.2. The second-order valence-electron chi connectivity index (χ2n) is 7.52. The Morgan fingerprint density at radius 3 is 2.78 bits per heavy atom.